The molecule has 0 N–H and O–H groups in total. The highest BCUT2D eigenvalue weighted by Gasteiger charge is 2.20. The molecule has 0 heterocycles. The van der Waals surface area contributed by atoms with Crippen molar-refractivity contribution in [3.63, 3.8) is 0 Å². The Morgan fingerprint density at radius 1 is 1.04 bits per heavy atom. The number of unbranched alkanes of at least 4 members (excludes halogenated alkanes) is 1. The van der Waals surface area contributed by atoms with E-state index in [1.165, 1.54) is 0 Å². The zero-order chi connectivity index (χ0) is 18.1. The first-order valence-corrected chi connectivity index (χ1v) is 8.64. The monoisotopic (exact) mass is 334 g/mol. The number of likely N-dealkylation sites (N-methyl/N-ethyl adjacent to an activating group) is 1. The Bertz CT molecular complexity index is 664. The normalized spacial score (nSPS) is 11.4. The standard InChI is InChI=1S/C22H26N2O/c1-4-5-8-17-20(22(25)24(2)3)23-21(18-13-9-6-10-14-18)19-15-11-7-12-16-19/h4,6-7,9-16,20H,1,5,8,17H2,2-3H3. The number of nitrogens with zero attached hydrogens (tertiary/aromatic N) is 2. The molecular formula is C22H26N2O. The van der Waals surface area contributed by atoms with Gasteiger partial charge in [-0.05, 0) is 19.3 Å². The van der Waals surface area contributed by atoms with Crippen LogP contribution in [-0.2, 0) is 4.79 Å². The van der Waals surface area contributed by atoms with Gasteiger partial charge in [0.25, 0.3) is 0 Å². The van der Waals surface area contributed by atoms with Gasteiger partial charge >= 0.3 is 0 Å². The number of carbonyl (C=O) groups excluding carboxylic acids is 1. The topological polar surface area (TPSA) is 32.7 Å². The summed E-state index contributed by atoms with van der Waals surface area (Å²) in [5.41, 5.74) is 2.91. The molecule has 0 spiro atoms. The van der Waals surface area contributed by atoms with E-state index in [1.54, 1.807) is 19.0 Å². The fourth-order valence-corrected chi connectivity index (χ4v) is 2.66. The van der Waals surface area contributed by atoms with Gasteiger partial charge in [0, 0.05) is 25.2 Å². The molecule has 0 saturated carbocycles. The third-order valence-electron chi connectivity index (χ3n) is 3.99. The first kappa shape index (κ1) is 18.7. The largest absolute Gasteiger partial charge is 0.347 e. The molecule has 0 aromatic heterocycles. The number of hydrogen-bond acceptors (Lipinski definition) is 2. The fraction of sp³-hybridized carbons (Fsp3) is 0.273. The van der Waals surface area contributed by atoms with Crippen LogP contribution in [0.2, 0.25) is 0 Å². The van der Waals surface area contributed by atoms with E-state index < -0.39 is 0 Å². The summed E-state index contributed by atoms with van der Waals surface area (Å²) in [7, 11) is 3.56. The molecule has 0 aliphatic heterocycles. The van der Waals surface area contributed by atoms with Gasteiger partial charge in [0.05, 0.1) is 5.71 Å². The van der Waals surface area contributed by atoms with Crippen molar-refractivity contribution >= 4 is 11.6 Å². The van der Waals surface area contributed by atoms with E-state index >= 15 is 0 Å². The van der Waals surface area contributed by atoms with Crippen molar-refractivity contribution in [3.05, 3.63) is 84.4 Å². The summed E-state index contributed by atoms with van der Waals surface area (Å²) in [4.78, 5) is 19.1. The van der Waals surface area contributed by atoms with Crippen LogP contribution in [-0.4, -0.2) is 36.7 Å². The third kappa shape index (κ3) is 5.42. The van der Waals surface area contributed by atoms with E-state index in [9.17, 15) is 4.79 Å². The van der Waals surface area contributed by atoms with Gasteiger partial charge in [-0.1, -0.05) is 66.7 Å². The minimum Gasteiger partial charge on any atom is -0.347 e. The number of allylic oxidation sites excluding steroid dienone is 1. The molecule has 0 aliphatic carbocycles. The van der Waals surface area contributed by atoms with Crippen LogP contribution in [0.4, 0.5) is 0 Å². The van der Waals surface area contributed by atoms with Crippen molar-refractivity contribution in [1.29, 1.82) is 0 Å². The van der Waals surface area contributed by atoms with E-state index in [-0.39, 0.29) is 11.9 Å². The first-order chi connectivity index (χ1) is 12.1. The average Bonchev–Trinajstić information content (AvgIpc) is 2.65. The first-order valence-electron chi connectivity index (χ1n) is 8.64. The molecule has 130 valence electrons. The van der Waals surface area contributed by atoms with Crippen molar-refractivity contribution in [3.8, 4) is 0 Å². The molecule has 2 aromatic carbocycles. The van der Waals surface area contributed by atoms with Crippen molar-refractivity contribution in [2.24, 2.45) is 4.99 Å². The summed E-state index contributed by atoms with van der Waals surface area (Å²) in [5.74, 6) is 0.0356. The van der Waals surface area contributed by atoms with Gasteiger partial charge in [-0.3, -0.25) is 9.79 Å². The molecular weight excluding hydrogens is 308 g/mol. The molecule has 2 aromatic rings. The minimum atomic E-state index is -0.384. The van der Waals surface area contributed by atoms with Crippen LogP contribution in [0.3, 0.4) is 0 Å². The second kappa shape index (κ2) is 9.58. The molecule has 2 rings (SSSR count). The molecule has 3 nitrogen and oxygen atoms in total. The lowest BCUT2D eigenvalue weighted by Crippen LogP contribution is -2.33. The number of benzene rings is 2. The molecule has 1 atom stereocenters. The number of amides is 1. The highest BCUT2D eigenvalue weighted by molar-refractivity contribution is 6.13. The lowest BCUT2D eigenvalue weighted by molar-refractivity contribution is -0.130. The number of hydrogen-bond donors (Lipinski definition) is 0. The zero-order valence-electron chi connectivity index (χ0n) is 15.1. The number of rotatable bonds is 8. The van der Waals surface area contributed by atoms with Crippen LogP contribution < -0.4 is 0 Å². The Balaban J connectivity index is 2.44. The average molecular weight is 334 g/mol. The molecule has 1 unspecified atom stereocenters. The fourth-order valence-electron chi connectivity index (χ4n) is 2.66. The van der Waals surface area contributed by atoms with Gasteiger partial charge in [0.15, 0.2) is 0 Å². The number of aliphatic imine (C=N–C) groups is 1. The van der Waals surface area contributed by atoms with Gasteiger partial charge < -0.3 is 4.90 Å². The zero-order valence-corrected chi connectivity index (χ0v) is 15.1. The molecule has 0 bridgehead atoms. The molecule has 1 amide bonds. The maximum atomic E-state index is 12.6. The van der Waals surface area contributed by atoms with Crippen LogP contribution in [0.25, 0.3) is 0 Å². The second-order valence-corrected chi connectivity index (χ2v) is 6.18. The van der Waals surface area contributed by atoms with Crippen molar-refractivity contribution < 1.29 is 4.79 Å². The summed E-state index contributed by atoms with van der Waals surface area (Å²) in [6.45, 7) is 3.76. The van der Waals surface area contributed by atoms with Crippen LogP contribution in [0.15, 0.2) is 78.3 Å². The van der Waals surface area contributed by atoms with Crippen LogP contribution >= 0.6 is 0 Å². The summed E-state index contributed by atoms with van der Waals surface area (Å²) < 4.78 is 0. The van der Waals surface area contributed by atoms with Gasteiger partial charge in [-0.15, -0.1) is 6.58 Å². The van der Waals surface area contributed by atoms with Crippen LogP contribution in [0, 0.1) is 0 Å². The van der Waals surface area contributed by atoms with Gasteiger partial charge in [-0.2, -0.15) is 0 Å². The molecule has 0 fully saturated rings. The Morgan fingerprint density at radius 2 is 1.56 bits per heavy atom. The molecule has 0 saturated heterocycles. The van der Waals surface area contributed by atoms with Crippen LogP contribution in [0.5, 0.6) is 0 Å². The molecule has 0 aliphatic rings. The van der Waals surface area contributed by atoms with Crippen LogP contribution in [0.1, 0.15) is 30.4 Å². The quantitative estimate of drug-likeness (QED) is 0.401. The van der Waals surface area contributed by atoms with Crippen molar-refractivity contribution in [2.45, 2.75) is 25.3 Å². The second-order valence-electron chi connectivity index (χ2n) is 6.18. The Morgan fingerprint density at radius 3 is 2.00 bits per heavy atom. The number of carbonyl (C=O) groups is 1. The summed E-state index contributed by atoms with van der Waals surface area (Å²) >= 11 is 0. The smallest absolute Gasteiger partial charge is 0.246 e. The van der Waals surface area contributed by atoms with E-state index in [2.05, 4.69) is 6.58 Å². The maximum absolute atomic E-state index is 12.6. The summed E-state index contributed by atoms with van der Waals surface area (Å²) in [5, 5.41) is 0. The lowest BCUT2D eigenvalue weighted by atomic mass is 10.0. The Kier molecular flexibility index (Phi) is 7.15. The van der Waals surface area contributed by atoms with Crippen molar-refractivity contribution in [1.82, 2.24) is 4.90 Å². The van der Waals surface area contributed by atoms with Crippen molar-refractivity contribution in [2.75, 3.05) is 14.1 Å². The van der Waals surface area contributed by atoms with E-state index in [0.717, 1.165) is 29.7 Å². The minimum absolute atomic E-state index is 0.0356. The van der Waals surface area contributed by atoms with E-state index in [0.29, 0.717) is 6.42 Å². The highest BCUT2D eigenvalue weighted by Crippen LogP contribution is 2.16. The molecule has 25 heavy (non-hydrogen) atoms. The highest BCUT2D eigenvalue weighted by atomic mass is 16.2. The summed E-state index contributed by atoms with van der Waals surface area (Å²) in [6, 6.07) is 19.7. The Labute approximate surface area is 150 Å². The predicted octanol–water partition coefficient (Wildman–Crippen LogP) is 4.34. The van der Waals surface area contributed by atoms with Gasteiger partial charge in [-0.25, -0.2) is 0 Å². The van der Waals surface area contributed by atoms with Gasteiger partial charge in [0.2, 0.25) is 5.91 Å². The SMILES string of the molecule is C=CCCCC(N=C(c1ccccc1)c1ccccc1)C(=O)N(C)C. The third-order valence-corrected chi connectivity index (χ3v) is 3.99. The predicted molar refractivity (Wildman–Crippen MR) is 105 cm³/mol. The maximum Gasteiger partial charge on any atom is 0.246 e. The molecule has 0 radical (unpaired) electrons. The Hall–Kier alpha value is -2.68. The lowest BCUT2D eigenvalue weighted by Gasteiger charge is -2.19. The van der Waals surface area contributed by atoms with Gasteiger partial charge in [0.1, 0.15) is 6.04 Å². The van der Waals surface area contributed by atoms with E-state index in [4.69, 9.17) is 4.99 Å². The summed E-state index contributed by atoms with van der Waals surface area (Å²) in [6.07, 6.45) is 4.38. The molecule has 3 heteroatoms. The van der Waals surface area contributed by atoms with E-state index in [1.807, 2.05) is 66.7 Å².